The average Bonchev–Trinajstić information content (AvgIpc) is 2.86. The van der Waals surface area contributed by atoms with E-state index < -0.39 is 0 Å². The summed E-state index contributed by atoms with van der Waals surface area (Å²) < 4.78 is 0. The van der Waals surface area contributed by atoms with Crippen LogP contribution in [0, 0.1) is 0 Å². The second-order valence-corrected chi connectivity index (χ2v) is 4.84. The molecule has 6 heteroatoms. The minimum Gasteiger partial charge on any atom is -0.350 e. The van der Waals surface area contributed by atoms with Crippen LogP contribution in [-0.2, 0) is 9.59 Å². The number of rotatable bonds is 4. The number of likely N-dealkylation sites (tertiary alicyclic amines) is 1. The van der Waals surface area contributed by atoms with Gasteiger partial charge in [0.05, 0.1) is 0 Å². The second kappa shape index (κ2) is 5.77. The van der Waals surface area contributed by atoms with Gasteiger partial charge in [0, 0.05) is 36.9 Å². The number of amides is 3. The highest BCUT2D eigenvalue weighted by molar-refractivity contribution is 7.08. The summed E-state index contributed by atoms with van der Waals surface area (Å²) in [6, 6.07) is 1.73. The number of carbonyl (C=O) groups is 3. The van der Waals surface area contributed by atoms with Crippen LogP contribution < -0.4 is 5.32 Å². The molecule has 1 aliphatic rings. The zero-order chi connectivity index (χ0) is 13.0. The zero-order valence-electron chi connectivity index (χ0n) is 9.85. The van der Waals surface area contributed by atoms with Gasteiger partial charge in [-0.25, -0.2) is 0 Å². The molecule has 0 aromatic carbocycles. The quantitative estimate of drug-likeness (QED) is 0.827. The van der Waals surface area contributed by atoms with Crippen LogP contribution in [0.5, 0.6) is 0 Å². The van der Waals surface area contributed by atoms with Crippen molar-refractivity contribution in [1.82, 2.24) is 10.2 Å². The minimum atomic E-state index is -0.173. The first-order chi connectivity index (χ1) is 8.68. The van der Waals surface area contributed by atoms with E-state index in [4.69, 9.17) is 0 Å². The molecular weight excluding hydrogens is 252 g/mol. The number of nitrogens with one attached hydrogen (secondary N) is 1. The lowest BCUT2D eigenvalue weighted by atomic mass is 10.1. The first kappa shape index (κ1) is 12.8. The van der Waals surface area contributed by atoms with Crippen molar-refractivity contribution in [3.05, 3.63) is 22.4 Å². The molecule has 0 atom stereocenters. The fourth-order valence-electron chi connectivity index (χ4n) is 1.83. The van der Waals surface area contributed by atoms with Crippen molar-refractivity contribution >= 4 is 29.1 Å². The maximum absolute atomic E-state index is 11.6. The molecular formula is C12H14N2O3S. The lowest BCUT2D eigenvalue weighted by molar-refractivity contribution is -0.147. The van der Waals surface area contributed by atoms with Crippen molar-refractivity contribution in [3.63, 3.8) is 0 Å². The van der Waals surface area contributed by atoms with Gasteiger partial charge in [-0.15, -0.1) is 0 Å². The molecule has 0 spiro atoms. The SMILES string of the molecule is O=C(NCCN1C(=O)CCCC1=O)c1ccsc1. The third kappa shape index (κ3) is 2.95. The Kier molecular flexibility index (Phi) is 4.09. The summed E-state index contributed by atoms with van der Waals surface area (Å²) in [4.78, 5) is 35.9. The van der Waals surface area contributed by atoms with Gasteiger partial charge in [0.25, 0.3) is 5.91 Å². The molecule has 1 aliphatic heterocycles. The maximum Gasteiger partial charge on any atom is 0.252 e. The lowest BCUT2D eigenvalue weighted by Crippen LogP contribution is -2.44. The molecule has 0 unspecified atom stereocenters. The van der Waals surface area contributed by atoms with Crippen molar-refractivity contribution in [1.29, 1.82) is 0 Å². The van der Waals surface area contributed by atoms with E-state index in [9.17, 15) is 14.4 Å². The molecule has 5 nitrogen and oxygen atoms in total. The van der Waals surface area contributed by atoms with Crippen LogP contribution in [0.2, 0.25) is 0 Å². The number of thiophene rings is 1. The van der Waals surface area contributed by atoms with Crippen molar-refractivity contribution in [2.45, 2.75) is 19.3 Å². The Morgan fingerprint density at radius 1 is 1.33 bits per heavy atom. The molecule has 0 aliphatic carbocycles. The van der Waals surface area contributed by atoms with E-state index in [1.165, 1.54) is 16.2 Å². The normalized spacial score (nSPS) is 15.9. The van der Waals surface area contributed by atoms with Gasteiger partial charge in [0.1, 0.15) is 0 Å². The number of nitrogens with zero attached hydrogens (tertiary/aromatic N) is 1. The van der Waals surface area contributed by atoms with Crippen molar-refractivity contribution in [3.8, 4) is 0 Å². The highest BCUT2D eigenvalue weighted by atomic mass is 32.1. The predicted octanol–water partition coefficient (Wildman–Crippen LogP) is 1.02. The Labute approximate surface area is 109 Å². The van der Waals surface area contributed by atoms with Gasteiger partial charge in [-0.1, -0.05) is 0 Å². The molecule has 1 fully saturated rings. The molecule has 0 saturated carbocycles. The smallest absolute Gasteiger partial charge is 0.252 e. The summed E-state index contributed by atoms with van der Waals surface area (Å²) in [5.74, 6) is -0.458. The highest BCUT2D eigenvalue weighted by Crippen LogP contribution is 2.11. The molecule has 3 amide bonds. The van der Waals surface area contributed by atoms with E-state index in [0.717, 1.165) is 0 Å². The Balaban J connectivity index is 1.79. The monoisotopic (exact) mass is 266 g/mol. The van der Waals surface area contributed by atoms with E-state index >= 15 is 0 Å². The van der Waals surface area contributed by atoms with E-state index in [1.807, 2.05) is 5.38 Å². The Bertz CT molecular complexity index is 440. The van der Waals surface area contributed by atoms with Crippen LogP contribution in [0.4, 0.5) is 0 Å². The van der Waals surface area contributed by atoms with E-state index in [-0.39, 0.29) is 24.3 Å². The fourth-order valence-corrected chi connectivity index (χ4v) is 2.46. The molecule has 96 valence electrons. The van der Waals surface area contributed by atoms with Crippen LogP contribution in [0.15, 0.2) is 16.8 Å². The highest BCUT2D eigenvalue weighted by Gasteiger charge is 2.25. The van der Waals surface area contributed by atoms with Crippen LogP contribution in [0.25, 0.3) is 0 Å². The van der Waals surface area contributed by atoms with Gasteiger partial charge < -0.3 is 5.32 Å². The second-order valence-electron chi connectivity index (χ2n) is 4.06. The Morgan fingerprint density at radius 3 is 2.67 bits per heavy atom. The average molecular weight is 266 g/mol. The van der Waals surface area contributed by atoms with Crippen LogP contribution >= 0.6 is 11.3 Å². The molecule has 1 aromatic heterocycles. The van der Waals surface area contributed by atoms with Crippen molar-refractivity contribution in [2.75, 3.05) is 13.1 Å². The van der Waals surface area contributed by atoms with Crippen LogP contribution in [-0.4, -0.2) is 35.7 Å². The molecule has 1 saturated heterocycles. The number of imide groups is 1. The lowest BCUT2D eigenvalue weighted by Gasteiger charge is -2.24. The molecule has 1 N–H and O–H groups in total. The molecule has 0 radical (unpaired) electrons. The van der Waals surface area contributed by atoms with E-state index in [1.54, 1.807) is 11.4 Å². The number of hydrogen-bond acceptors (Lipinski definition) is 4. The first-order valence-electron chi connectivity index (χ1n) is 5.82. The molecule has 2 rings (SSSR count). The Hall–Kier alpha value is -1.69. The molecule has 1 aromatic rings. The van der Waals surface area contributed by atoms with Crippen molar-refractivity contribution < 1.29 is 14.4 Å². The summed E-state index contributed by atoms with van der Waals surface area (Å²) in [6.45, 7) is 0.555. The molecule has 2 heterocycles. The maximum atomic E-state index is 11.6. The summed E-state index contributed by atoms with van der Waals surface area (Å²) >= 11 is 1.45. The Morgan fingerprint density at radius 2 is 2.06 bits per heavy atom. The number of piperidine rings is 1. The van der Waals surface area contributed by atoms with Gasteiger partial charge in [-0.3, -0.25) is 19.3 Å². The molecule has 18 heavy (non-hydrogen) atoms. The van der Waals surface area contributed by atoms with Crippen LogP contribution in [0.3, 0.4) is 0 Å². The summed E-state index contributed by atoms with van der Waals surface area (Å²) in [7, 11) is 0. The fraction of sp³-hybridized carbons (Fsp3) is 0.417. The summed E-state index contributed by atoms with van der Waals surface area (Å²) in [5.41, 5.74) is 0.608. The van der Waals surface area contributed by atoms with Crippen molar-refractivity contribution in [2.24, 2.45) is 0 Å². The summed E-state index contributed by atoms with van der Waals surface area (Å²) in [6.07, 6.45) is 1.48. The summed E-state index contributed by atoms with van der Waals surface area (Å²) in [5, 5.41) is 6.28. The first-order valence-corrected chi connectivity index (χ1v) is 6.76. The zero-order valence-corrected chi connectivity index (χ0v) is 10.7. The van der Waals surface area contributed by atoms with Gasteiger partial charge in [0.2, 0.25) is 11.8 Å². The third-order valence-corrected chi connectivity index (χ3v) is 3.47. The topological polar surface area (TPSA) is 66.5 Å². The van der Waals surface area contributed by atoms with Gasteiger partial charge >= 0.3 is 0 Å². The standard InChI is InChI=1S/C12H14N2O3S/c15-10-2-1-3-11(16)14(10)6-5-13-12(17)9-4-7-18-8-9/h4,7-8H,1-3,5-6H2,(H,13,17). The largest absolute Gasteiger partial charge is 0.350 e. The third-order valence-electron chi connectivity index (χ3n) is 2.79. The number of hydrogen-bond donors (Lipinski definition) is 1. The van der Waals surface area contributed by atoms with Gasteiger partial charge in [-0.05, 0) is 17.9 Å². The molecule has 0 bridgehead atoms. The number of carbonyl (C=O) groups excluding carboxylic acids is 3. The minimum absolute atomic E-state index is 0.143. The van der Waals surface area contributed by atoms with Gasteiger partial charge in [0.15, 0.2) is 0 Å². The van der Waals surface area contributed by atoms with Crippen LogP contribution in [0.1, 0.15) is 29.6 Å². The van der Waals surface area contributed by atoms with Gasteiger partial charge in [-0.2, -0.15) is 11.3 Å². The van der Waals surface area contributed by atoms with E-state index in [0.29, 0.717) is 31.4 Å². The van der Waals surface area contributed by atoms with E-state index in [2.05, 4.69) is 5.32 Å². The predicted molar refractivity (Wildman–Crippen MR) is 67.2 cm³/mol.